The molecular formula is C11H21NO2S. The first-order valence-corrected chi connectivity index (χ1v) is 6.93. The Morgan fingerprint density at radius 3 is 2.80 bits per heavy atom. The largest absolute Gasteiger partial charge is 0.481 e. The molecule has 1 fully saturated rings. The molecule has 15 heavy (non-hydrogen) atoms. The topological polar surface area (TPSA) is 49.3 Å². The highest BCUT2D eigenvalue weighted by Crippen LogP contribution is 2.27. The molecule has 0 aliphatic heterocycles. The van der Waals surface area contributed by atoms with Crippen LogP contribution >= 0.6 is 11.8 Å². The second-order valence-electron chi connectivity index (χ2n) is 4.33. The molecule has 0 amide bonds. The highest BCUT2D eigenvalue weighted by atomic mass is 32.2. The number of carboxylic acid groups (broad SMARTS) is 1. The van der Waals surface area contributed by atoms with Crippen LogP contribution in [0.15, 0.2) is 0 Å². The first-order chi connectivity index (χ1) is 7.13. The second-order valence-corrected chi connectivity index (χ2v) is 5.41. The first-order valence-electron chi connectivity index (χ1n) is 5.64. The van der Waals surface area contributed by atoms with Crippen LogP contribution in [0.3, 0.4) is 0 Å². The number of thioether (sulfide) groups is 1. The first kappa shape index (κ1) is 12.8. The van der Waals surface area contributed by atoms with E-state index in [1.165, 1.54) is 25.7 Å². The van der Waals surface area contributed by atoms with Gasteiger partial charge in [-0.05, 0) is 26.0 Å². The van der Waals surface area contributed by atoms with E-state index in [9.17, 15) is 4.79 Å². The summed E-state index contributed by atoms with van der Waals surface area (Å²) in [5, 5.41) is 12.8. The predicted octanol–water partition coefficient (Wildman–Crippen LogP) is 2.11. The lowest BCUT2D eigenvalue weighted by atomic mass is 9.94. The second kappa shape index (κ2) is 6.38. The Morgan fingerprint density at radius 2 is 2.20 bits per heavy atom. The van der Waals surface area contributed by atoms with Gasteiger partial charge < -0.3 is 10.4 Å². The number of carbonyl (C=O) groups is 1. The fourth-order valence-corrected chi connectivity index (χ4v) is 3.20. The average Bonchev–Trinajstić information content (AvgIpc) is 2.17. The molecule has 0 radical (unpaired) electrons. The Balaban J connectivity index is 2.37. The molecule has 0 saturated heterocycles. The number of nitrogens with one attached hydrogen (secondary N) is 1. The predicted molar refractivity (Wildman–Crippen MR) is 64.4 cm³/mol. The molecular weight excluding hydrogens is 210 g/mol. The van der Waals surface area contributed by atoms with Crippen LogP contribution in [-0.4, -0.2) is 34.7 Å². The molecule has 4 heteroatoms. The molecule has 1 rings (SSSR count). The van der Waals surface area contributed by atoms with E-state index in [2.05, 4.69) is 11.6 Å². The zero-order valence-electron chi connectivity index (χ0n) is 9.53. The van der Waals surface area contributed by atoms with Crippen molar-refractivity contribution in [2.24, 2.45) is 0 Å². The zero-order valence-corrected chi connectivity index (χ0v) is 10.3. The van der Waals surface area contributed by atoms with Gasteiger partial charge in [-0.2, -0.15) is 11.8 Å². The minimum atomic E-state index is -0.716. The summed E-state index contributed by atoms with van der Waals surface area (Å²) in [6.45, 7) is 1.96. The van der Waals surface area contributed by atoms with Crippen LogP contribution in [0.4, 0.5) is 0 Å². The van der Waals surface area contributed by atoms with Gasteiger partial charge in [-0.15, -0.1) is 0 Å². The Morgan fingerprint density at radius 1 is 1.53 bits per heavy atom. The number of carboxylic acids is 1. The Kier molecular flexibility index (Phi) is 5.47. The van der Waals surface area contributed by atoms with Crippen LogP contribution in [0.25, 0.3) is 0 Å². The van der Waals surface area contributed by atoms with Crippen LogP contribution in [-0.2, 0) is 4.79 Å². The van der Waals surface area contributed by atoms with Crippen molar-refractivity contribution in [3.05, 3.63) is 0 Å². The van der Waals surface area contributed by atoms with Gasteiger partial charge in [-0.25, -0.2) is 0 Å². The smallest absolute Gasteiger partial charge is 0.304 e. The quantitative estimate of drug-likeness (QED) is 0.761. The summed E-state index contributed by atoms with van der Waals surface area (Å²) in [4.78, 5) is 10.6. The molecule has 1 aliphatic carbocycles. The zero-order chi connectivity index (χ0) is 11.3. The Hall–Kier alpha value is -0.220. The SMILES string of the molecule is CSC1CCCCC1NC(C)CC(=O)O. The third-order valence-corrected chi connectivity index (χ3v) is 4.15. The molecule has 1 saturated carbocycles. The van der Waals surface area contributed by atoms with Gasteiger partial charge in [-0.3, -0.25) is 4.79 Å². The van der Waals surface area contributed by atoms with Gasteiger partial charge in [-0.1, -0.05) is 12.8 Å². The van der Waals surface area contributed by atoms with Gasteiger partial charge in [0.25, 0.3) is 0 Å². The summed E-state index contributed by atoms with van der Waals surface area (Å²) >= 11 is 1.90. The fraction of sp³-hybridized carbons (Fsp3) is 0.909. The molecule has 88 valence electrons. The molecule has 0 spiro atoms. The summed E-state index contributed by atoms with van der Waals surface area (Å²) in [7, 11) is 0. The minimum absolute atomic E-state index is 0.0836. The van der Waals surface area contributed by atoms with Crippen LogP contribution < -0.4 is 5.32 Å². The van der Waals surface area contributed by atoms with Crippen molar-refractivity contribution in [2.45, 2.75) is 56.4 Å². The molecule has 2 N–H and O–H groups in total. The van der Waals surface area contributed by atoms with Crippen LogP contribution in [0, 0.1) is 0 Å². The number of hydrogen-bond acceptors (Lipinski definition) is 3. The lowest BCUT2D eigenvalue weighted by molar-refractivity contribution is -0.137. The average molecular weight is 231 g/mol. The minimum Gasteiger partial charge on any atom is -0.481 e. The van der Waals surface area contributed by atoms with E-state index in [0.717, 1.165) is 0 Å². The third-order valence-electron chi connectivity index (χ3n) is 2.98. The van der Waals surface area contributed by atoms with Gasteiger partial charge in [0.05, 0.1) is 6.42 Å². The number of rotatable bonds is 5. The third kappa shape index (κ3) is 4.43. The van der Waals surface area contributed by atoms with Crippen molar-refractivity contribution in [3.8, 4) is 0 Å². The van der Waals surface area contributed by atoms with Gasteiger partial charge in [0.15, 0.2) is 0 Å². The van der Waals surface area contributed by atoms with Crippen LogP contribution in [0.2, 0.25) is 0 Å². The number of aliphatic carboxylic acids is 1. The summed E-state index contributed by atoms with van der Waals surface area (Å²) in [5.41, 5.74) is 0. The van der Waals surface area contributed by atoms with Gasteiger partial charge in [0.1, 0.15) is 0 Å². The maximum Gasteiger partial charge on any atom is 0.304 e. The van der Waals surface area contributed by atoms with E-state index in [1.54, 1.807) is 0 Å². The summed E-state index contributed by atoms with van der Waals surface area (Å²) < 4.78 is 0. The molecule has 0 aromatic heterocycles. The lowest BCUT2D eigenvalue weighted by Crippen LogP contribution is -2.45. The standard InChI is InChI=1S/C11H21NO2S/c1-8(7-11(13)14)12-9-5-3-4-6-10(9)15-2/h8-10,12H,3-7H2,1-2H3,(H,13,14). The van der Waals surface area contributed by atoms with E-state index in [0.29, 0.717) is 11.3 Å². The molecule has 0 aromatic carbocycles. The van der Waals surface area contributed by atoms with Crippen molar-refractivity contribution >= 4 is 17.7 Å². The Labute approximate surface area is 96.0 Å². The molecule has 1 aliphatic rings. The van der Waals surface area contributed by atoms with Crippen molar-refractivity contribution < 1.29 is 9.90 Å². The summed E-state index contributed by atoms with van der Waals surface area (Å²) in [5.74, 6) is -0.716. The normalized spacial score (nSPS) is 28.7. The van der Waals surface area contributed by atoms with Crippen molar-refractivity contribution in [2.75, 3.05) is 6.26 Å². The van der Waals surface area contributed by atoms with E-state index in [4.69, 9.17) is 5.11 Å². The maximum atomic E-state index is 10.6. The lowest BCUT2D eigenvalue weighted by Gasteiger charge is -2.33. The molecule has 3 unspecified atom stereocenters. The van der Waals surface area contributed by atoms with Crippen molar-refractivity contribution in [1.82, 2.24) is 5.32 Å². The summed E-state index contributed by atoms with van der Waals surface area (Å²) in [6, 6.07) is 0.586. The molecule has 3 nitrogen and oxygen atoms in total. The van der Waals surface area contributed by atoms with E-state index < -0.39 is 5.97 Å². The van der Waals surface area contributed by atoms with Gasteiger partial charge >= 0.3 is 5.97 Å². The molecule has 0 heterocycles. The van der Waals surface area contributed by atoms with Gasteiger partial charge in [0.2, 0.25) is 0 Å². The van der Waals surface area contributed by atoms with E-state index in [-0.39, 0.29) is 12.5 Å². The molecule has 0 bridgehead atoms. The summed E-state index contributed by atoms with van der Waals surface area (Å²) in [6.07, 6.45) is 7.41. The van der Waals surface area contributed by atoms with E-state index >= 15 is 0 Å². The monoisotopic (exact) mass is 231 g/mol. The van der Waals surface area contributed by atoms with Crippen LogP contribution in [0.1, 0.15) is 39.0 Å². The highest BCUT2D eigenvalue weighted by Gasteiger charge is 2.25. The highest BCUT2D eigenvalue weighted by molar-refractivity contribution is 7.99. The van der Waals surface area contributed by atoms with Crippen molar-refractivity contribution in [3.63, 3.8) is 0 Å². The van der Waals surface area contributed by atoms with Gasteiger partial charge in [0, 0.05) is 17.3 Å². The number of hydrogen-bond donors (Lipinski definition) is 2. The van der Waals surface area contributed by atoms with Crippen LogP contribution in [0.5, 0.6) is 0 Å². The maximum absolute atomic E-state index is 10.6. The Bertz CT molecular complexity index is 211. The molecule has 3 atom stereocenters. The molecule has 0 aromatic rings. The fourth-order valence-electron chi connectivity index (χ4n) is 2.26. The van der Waals surface area contributed by atoms with Crippen molar-refractivity contribution in [1.29, 1.82) is 0 Å². The van der Waals surface area contributed by atoms with E-state index in [1.807, 2.05) is 18.7 Å².